The maximum atomic E-state index is 2.58. The van der Waals surface area contributed by atoms with Crippen LogP contribution < -0.4 is 26.2 Å². The van der Waals surface area contributed by atoms with Crippen LogP contribution in [0.1, 0.15) is 74.9 Å². The predicted molar refractivity (Wildman–Crippen MR) is 256 cm³/mol. The fraction of sp³-hybridized carbons (Fsp3) is 0.158. The Hall–Kier alpha value is -6.58. The lowest BCUT2D eigenvalue weighted by atomic mass is 9.33. The first-order valence-corrected chi connectivity index (χ1v) is 21.4. The predicted octanol–water partition coefficient (Wildman–Crippen LogP) is 12.7. The van der Waals surface area contributed by atoms with Gasteiger partial charge in [-0.25, -0.2) is 0 Å². The van der Waals surface area contributed by atoms with Crippen LogP contribution >= 0.6 is 0 Å². The topological polar surface area (TPSA) is 6.48 Å². The Labute approximate surface area is 356 Å². The number of nitrogens with zero attached hydrogens (tertiary/aromatic N) is 2. The van der Waals surface area contributed by atoms with Crippen molar-refractivity contribution in [1.82, 2.24) is 0 Å². The molecule has 8 aromatic carbocycles. The molecule has 0 amide bonds. The van der Waals surface area contributed by atoms with E-state index in [-0.39, 0.29) is 23.0 Å². The molecule has 0 saturated carbocycles. The highest BCUT2D eigenvalue weighted by Gasteiger charge is 2.44. The van der Waals surface area contributed by atoms with E-state index < -0.39 is 0 Å². The van der Waals surface area contributed by atoms with E-state index in [0.717, 1.165) is 5.69 Å². The molecule has 60 heavy (non-hydrogen) atoms. The molecule has 0 aliphatic carbocycles. The molecule has 0 radical (unpaired) electrons. The summed E-state index contributed by atoms with van der Waals surface area (Å²) in [6.45, 7) is 14.3. The molecule has 0 spiro atoms. The van der Waals surface area contributed by atoms with E-state index in [1.165, 1.54) is 78.2 Å². The van der Waals surface area contributed by atoms with Gasteiger partial charge in [-0.15, -0.1) is 0 Å². The minimum atomic E-state index is -0.261. The third-order valence-electron chi connectivity index (χ3n) is 13.7. The Balaban J connectivity index is 1.27. The number of hydrogen-bond donors (Lipinski definition) is 0. The van der Waals surface area contributed by atoms with E-state index in [4.69, 9.17) is 0 Å². The lowest BCUT2D eigenvalue weighted by Crippen LogP contribution is -2.61. The Kier molecular flexibility index (Phi) is 8.99. The first-order valence-electron chi connectivity index (χ1n) is 21.4. The average molecular weight is 775 g/mol. The molecule has 8 aromatic rings. The van der Waals surface area contributed by atoms with Gasteiger partial charge >= 0.3 is 0 Å². The van der Waals surface area contributed by atoms with Gasteiger partial charge in [0.25, 0.3) is 6.71 Å². The number of rotatable bonds is 8. The van der Waals surface area contributed by atoms with Crippen molar-refractivity contribution >= 4 is 57.2 Å². The highest BCUT2D eigenvalue weighted by Crippen LogP contribution is 2.47. The summed E-state index contributed by atoms with van der Waals surface area (Å²) >= 11 is 0. The quantitative estimate of drug-likeness (QED) is 0.142. The van der Waals surface area contributed by atoms with Crippen LogP contribution in [0.2, 0.25) is 0 Å². The summed E-state index contributed by atoms with van der Waals surface area (Å²) in [5.41, 5.74) is 18.2. The molecular formula is C57H51BN2. The summed E-state index contributed by atoms with van der Waals surface area (Å²) < 4.78 is 0. The summed E-state index contributed by atoms with van der Waals surface area (Å²) in [5, 5.41) is 0. The summed E-state index contributed by atoms with van der Waals surface area (Å²) in [6, 6.07) is 74.5. The zero-order valence-corrected chi connectivity index (χ0v) is 35.5. The van der Waals surface area contributed by atoms with Crippen LogP contribution in [-0.2, 0) is 16.2 Å². The molecule has 0 atom stereocenters. The van der Waals surface area contributed by atoms with Crippen LogP contribution in [-0.4, -0.2) is 6.71 Å². The Morgan fingerprint density at radius 3 is 1.25 bits per heavy atom. The fourth-order valence-electron chi connectivity index (χ4n) is 9.94. The molecule has 2 aliphatic heterocycles. The number of fused-ring (bicyclic) bond motifs is 4. The van der Waals surface area contributed by atoms with E-state index >= 15 is 0 Å². The second-order valence-electron chi connectivity index (χ2n) is 18.2. The van der Waals surface area contributed by atoms with Gasteiger partial charge in [-0.2, -0.15) is 0 Å². The van der Waals surface area contributed by atoms with Crippen molar-refractivity contribution in [1.29, 1.82) is 0 Å². The Morgan fingerprint density at radius 2 is 0.717 bits per heavy atom. The maximum Gasteiger partial charge on any atom is 0.252 e. The summed E-state index contributed by atoms with van der Waals surface area (Å²) in [4.78, 5) is 5.06. The standard InChI is InChI=1S/C57H51BN2/c1-55(2,40-22-11-7-12-23-40)43-34-35-51-49(39-43)58-48-30-19-20-31-50(48)59(46-28-17-10-18-29-46)52-32-21-33-53(54(52)58)60(51)47-37-44(56(3,4)41-24-13-8-14-25-41)36-45(38-47)57(5,6)42-26-15-9-16-27-42/h7-39H,1-6H3. The monoisotopic (exact) mass is 774 g/mol. The molecule has 0 bridgehead atoms. The number of para-hydroxylation sites is 2. The van der Waals surface area contributed by atoms with Gasteiger partial charge in [0.1, 0.15) is 0 Å². The minimum absolute atomic E-state index is 0.0364. The SMILES string of the molecule is CC(C)(c1ccccc1)c1cc(N2c3ccc(C(C)(C)c4ccccc4)cc3B3c4ccccc4N(c4ccccc4)c4cccc2c43)cc(C(C)(C)c2ccccc2)c1. The van der Waals surface area contributed by atoms with Crippen molar-refractivity contribution in [2.45, 2.75) is 57.8 Å². The normalized spacial score (nSPS) is 13.4. The Morgan fingerprint density at radius 1 is 0.300 bits per heavy atom. The van der Waals surface area contributed by atoms with Gasteiger partial charge in [0, 0.05) is 50.4 Å². The molecule has 0 saturated heterocycles. The largest absolute Gasteiger partial charge is 0.311 e. The summed E-state index contributed by atoms with van der Waals surface area (Å²) in [6.07, 6.45) is 0. The zero-order valence-electron chi connectivity index (χ0n) is 35.5. The molecule has 2 nitrogen and oxygen atoms in total. The number of hydrogen-bond acceptors (Lipinski definition) is 2. The highest BCUT2D eigenvalue weighted by molar-refractivity contribution is 7.00. The first kappa shape index (κ1) is 37.7. The van der Waals surface area contributed by atoms with Gasteiger partial charge in [0.15, 0.2) is 0 Å². The van der Waals surface area contributed by atoms with Gasteiger partial charge in [-0.3, -0.25) is 0 Å². The molecular weight excluding hydrogens is 723 g/mol. The molecule has 3 heteroatoms. The second kappa shape index (κ2) is 14.3. The van der Waals surface area contributed by atoms with E-state index in [0.29, 0.717) is 0 Å². The number of anilines is 6. The van der Waals surface area contributed by atoms with E-state index in [2.05, 4.69) is 252 Å². The van der Waals surface area contributed by atoms with Crippen molar-refractivity contribution in [3.63, 3.8) is 0 Å². The fourth-order valence-corrected chi connectivity index (χ4v) is 9.94. The molecule has 2 aliphatic rings. The molecule has 2 heterocycles. The lowest BCUT2D eigenvalue weighted by Gasteiger charge is -2.45. The molecule has 0 fully saturated rings. The molecule has 292 valence electrons. The molecule has 10 rings (SSSR count). The minimum Gasteiger partial charge on any atom is -0.311 e. The van der Waals surface area contributed by atoms with E-state index in [1.54, 1.807) is 0 Å². The van der Waals surface area contributed by atoms with Gasteiger partial charge in [0.2, 0.25) is 0 Å². The van der Waals surface area contributed by atoms with Crippen molar-refractivity contribution in [3.8, 4) is 0 Å². The first-order chi connectivity index (χ1) is 29.0. The van der Waals surface area contributed by atoms with Crippen LogP contribution in [0.15, 0.2) is 200 Å². The van der Waals surface area contributed by atoms with Crippen molar-refractivity contribution in [2.75, 3.05) is 9.80 Å². The molecule has 0 unspecified atom stereocenters. The molecule has 0 N–H and O–H groups in total. The van der Waals surface area contributed by atoms with Crippen molar-refractivity contribution in [2.24, 2.45) is 0 Å². The highest BCUT2D eigenvalue weighted by atomic mass is 15.2. The van der Waals surface area contributed by atoms with E-state index in [1.807, 2.05) is 0 Å². The third-order valence-corrected chi connectivity index (χ3v) is 13.7. The van der Waals surface area contributed by atoms with Gasteiger partial charge < -0.3 is 9.80 Å². The Bertz CT molecular complexity index is 2780. The van der Waals surface area contributed by atoms with Crippen molar-refractivity contribution in [3.05, 3.63) is 234 Å². The van der Waals surface area contributed by atoms with Crippen LogP contribution in [0.3, 0.4) is 0 Å². The lowest BCUT2D eigenvalue weighted by molar-refractivity contribution is 0.617. The van der Waals surface area contributed by atoms with Gasteiger partial charge in [-0.1, -0.05) is 193 Å². The van der Waals surface area contributed by atoms with Crippen LogP contribution in [0.5, 0.6) is 0 Å². The molecule has 0 aromatic heterocycles. The maximum absolute atomic E-state index is 2.58. The zero-order chi connectivity index (χ0) is 41.2. The summed E-state index contributed by atoms with van der Waals surface area (Å²) in [7, 11) is 0. The third kappa shape index (κ3) is 6.02. The van der Waals surface area contributed by atoms with Crippen LogP contribution in [0.4, 0.5) is 34.1 Å². The smallest absolute Gasteiger partial charge is 0.252 e. The average Bonchev–Trinajstić information content (AvgIpc) is 3.29. The van der Waals surface area contributed by atoms with Crippen molar-refractivity contribution < 1.29 is 0 Å². The van der Waals surface area contributed by atoms with Gasteiger partial charge in [-0.05, 0) is 98.3 Å². The van der Waals surface area contributed by atoms with Crippen LogP contribution in [0.25, 0.3) is 0 Å². The summed E-state index contributed by atoms with van der Waals surface area (Å²) in [5.74, 6) is 0. The number of benzene rings is 8. The second-order valence-corrected chi connectivity index (χ2v) is 18.2. The van der Waals surface area contributed by atoms with E-state index in [9.17, 15) is 0 Å². The van der Waals surface area contributed by atoms with Gasteiger partial charge in [0.05, 0.1) is 0 Å². The van der Waals surface area contributed by atoms with Crippen LogP contribution in [0, 0.1) is 0 Å².